The Bertz CT molecular complexity index is 780. The summed E-state index contributed by atoms with van der Waals surface area (Å²) in [5.74, 6) is -3.08. The van der Waals surface area contributed by atoms with Crippen molar-refractivity contribution in [1.29, 1.82) is 0 Å². The summed E-state index contributed by atoms with van der Waals surface area (Å²) in [6.45, 7) is 1.96. The fraction of sp³-hybridized carbons (Fsp3) is 0.308. The van der Waals surface area contributed by atoms with Gasteiger partial charge in [-0.15, -0.1) is 22.7 Å². The molecule has 9 heteroatoms. The molecule has 0 aromatic carbocycles. The first kappa shape index (κ1) is 16.3. The van der Waals surface area contributed by atoms with Gasteiger partial charge < -0.3 is 11.1 Å². The first-order valence-electron chi connectivity index (χ1n) is 6.39. The number of anilines is 1. The van der Waals surface area contributed by atoms with E-state index in [9.17, 15) is 8.78 Å². The molecule has 3 aromatic rings. The van der Waals surface area contributed by atoms with E-state index in [-0.39, 0.29) is 4.88 Å². The number of hydrogen-bond donors (Lipinski definition) is 2. The van der Waals surface area contributed by atoms with Crippen LogP contribution in [0.3, 0.4) is 0 Å². The highest BCUT2D eigenvalue weighted by Crippen LogP contribution is 2.48. The van der Waals surface area contributed by atoms with Crippen LogP contribution in [-0.4, -0.2) is 10.4 Å². The minimum atomic E-state index is -3.08. The summed E-state index contributed by atoms with van der Waals surface area (Å²) < 4.78 is 33.8. The van der Waals surface area contributed by atoms with Crippen LogP contribution in [0.15, 0.2) is 22.0 Å². The lowest BCUT2D eigenvalue weighted by Crippen LogP contribution is -2.35. The van der Waals surface area contributed by atoms with E-state index in [0.717, 1.165) is 21.0 Å². The molecular formula is C13H12BrF2N3S3. The predicted molar refractivity (Wildman–Crippen MR) is 94.4 cm³/mol. The van der Waals surface area contributed by atoms with Crippen LogP contribution in [0.25, 0.3) is 10.2 Å². The molecule has 1 atom stereocenters. The van der Waals surface area contributed by atoms with Gasteiger partial charge >= 0.3 is 0 Å². The maximum absolute atomic E-state index is 14.2. The van der Waals surface area contributed by atoms with Crippen molar-refractivity contribution in [1.82, 2.24) is 4.37 Å². The zero-order chi connectivity index (χ0) is 15.9. The second kappa shape index (κ2) is 6.12. The Morgan fingerprint density at radius 2 is 2.27 bits per heavy atom. The van der Waals surface area contributed by atoms with Gasteiger partial charge in [0.05, 0.1) is 26.6 Å². The fourth-order valence-electron chi connectivity index (χ4n) is 1.88. The molecule has 0 fully saturated rings. The van der Waals surface area contributed by atoms with Crippen LogP contribution >= 0.6 is 50.1 Å². The summed E-state index contributed by atoms with van der Waals surface area (Å²) in [4.78, 5) is 1.12. The zero-order valence-electron chi connectivity index (χ0n) is 11.4. The van der Waals surface area contributed by atoms with Crippen molar-refractivity contribution >= 4 is 65.4 Å². The summed E-state index contributed by atoms with van der Waals surface area (Å²) in [5.41, 5.74) is 5.99. The van der Waals surface area contributed by atoms with Crippen LogP contribution in [0.5, 0.6) is 0 Å². The summed E-state index contributed by atoms with van der Waals surface area (Å²) in [5, 5.41) is 6.08. The van der Waals surface area contributed by atoms with Crippen molar-refractivity contribution in [3.05, 3.63) is 31.7 Å². The van der Waals surface area contributed by atoms with Crippen molar-refractivity contribution in [2.75, 3.05) is 5.32 Å². The lowest BCUT2D eigenvalue weighted by Gasteiger charge is -2.19. The zero-order valence-corrected chi connectivity index (χ0v) is 15.4. The Morgan fingerprint density at radius 1 is 1.50 bits per heavy atom. The Kier molecular flexibility index (Phi) is 4.52. The number of aromatic nitrogens is 1. The molecule has 3 rings (SSSR count). The SMILES string of the molecule is C[C@H](N)C(F)(F)c1sc2c(NCc3cccs3)snc2c1Br. The van der Waals surface area contributed by atoms with Crippen LogP contribution in [-0.2, 0) is 12.5 Å². The summed E-state index contributed by atoms with van der Waals surface area (Å²) in [6.07, 6.45) is 0. The van der Waals surface area contributed by atoms with Gasteiger partial charge in [-0.05, 0) is 45.8 Å². The molecule has 3 N–H and O–H groups in total. The van der Waals surface area contributed by atoms with E-state index in [1.807, 2.05) is 17.5 Å². The van der Waals surface area contributed by atoms with Crippen LogP contribution in [0, 0.1) is 0 Å². The molecule has 0 aliphatic heterocycles. The Morgan fingerprint density at radius 3 is 2.91 bits per heavy atom. The van der Waals surface area contributed by atoms with Crippen LogP contribution in [0.1, 0.15) is 16.7 Å². The molecule has 0 bridgehead atoms. The molecule has 0 saturated carbocycles. The van der Waals surface area contributed by atoms with E-state index >= 15 is 0 Å². The second-order valence-corrected chi connectivity index (χ2v) is 8.40. The lowest BCUT2D eigenvalue weighted by molar-refractivity contribution is -0.0224. The smallest absolute Gasteiger partial charge is 0.297 e. The van der Waals surface area contributed by atoms with E-state index in [0.29, 0.717) is 16.5 Å². The number of halogens is 3. The molecule has 0 aliphatic carbocycles. The van der Waals surface area contributed by atoms with Gasteiger partial charge in [0.15, 0.2) is 0 Å². The van der Waals surface area contributed by atoms with Gasteiger partial charge in [-0.1, -0.05) is 6.07 Å². The number of nitrogens with zero attached hydrogens (tertiary/aromatic N) is 1. The molecular weight excluding hydrogens is 412 g/mol. The highest BCUT2D eigenvalue weighted by atomic mass is 79.9. The van der Waals surface area contributed by atoms with Crippen molar-refractivity contribution < 1.29 is 8.78 Å². The third-order valence-electron chi connectivity index (χ3n) is 3.14. The third kappa shape index (κ3) is 2.80. The van der Waals surface area contributed by atoms with Crippen molar-refractivity contribution in [3.8, 4) is 0 Å². The number of hydrogen-bond acceptors (Lipinski definition) is 6. The second-order valence-electron chi connectivity index (χ2n) is 4.78. The monoisotopic (exact) mass is 423 g/mol. The molecule has 0 aliphatic rings. The number of nitrogens with one attached hydrogen (secondary N) is 1. The van der Waals surface area contributed by atoms with Gasteiger partial charge in [0, 0.05) is 4.88 Å². The third-order valence-corrected chi connectivity index (χ3v) is 7.27. The predicted octanol–water partition coefficient (Wildman–Crippen LogP) is 5.23. The maximum atomic E-state index is 14.2. The van der Waals surface area contributed by atoms with Gasteiger partial charge in [0.2, 0.25) is 0 Å². The average Bonchev–Trinajstić information content (AvgIpc) is 3.15. The Labute approximate surface area is 146 Å². The topological polar surface area (TPSA) is 50.9 Å². The molecule has 3 nitrogen and oxygen atoms in total. The molecule has 22 heavy (non-hydrogen) atoms. The van der Waals surface area contributed by atoms with Gasteiger partial charge in [-0.3, -0.25) is 0 Å². The molecule has 118 valence electrons. The molecule has 3 heterocycles. The van der Waals surface area contributed by atoms with E-state index < -0.39 is 12.0 Å². The minimum absolute atomic E-state index is 0.0630. The van der Waals surface area contributed by atoms with Gasteiger partial charge in [0.25, 0.3) is 5.92 Å². The molecule has 3 aromatic heterocycles. The quantitative estimate of drug-likeness (QED) is 0.590. The van der Waals surface area contributed by atoms with Crippen molar-refractivity contribution in [2.24, 2.45) is 5.73 Å². The standard InChI is InChI=1S/C13H12BrF2N3S3/c1-6(17)13(15,16)11-8(14)9-10(21-11)12(22-19-9)18-5-7-3-2-4-20-7/h2-4,6,18H,5,17H2,1H3/t6-/m0/s1. The summed E-state index contributed by atoms with van der Waals surface area (Å²) >= 11 is 7.22. The lowest BCUT2D eigenvalue weighted by atomic mass is 10.1. The number of nitrogens with two attached hydrogens (primary N) is 1. The Balaban J connectivity index is 1.94. The molecule has 0 unspecified atom stereocenters. The minimum Gasteiger partial charge on any atom is -0.370 e. The molecule has 0 radical (unpaired) electrons. The largest absolute Gasteiger partial charge is 0.370 e. The van der Waals surface area contributed by atoms with Crippen molar-refractivity contribution in [3.63, 3.8) is 0 Å². The van der Waals surface area contributed by atoms with Gasteiger partial charge in [-0.25, -0.2) is 0 Å². The van der Waals surface area contributed by atoms with Crippen LogP contribution < -0.4 is 11.1 Å². The van der Waals surface area contributed by atoms with Crippen molar-refractivity contribution in [2.45, 2.75) is 25.4 Å². The summed E-state index contributed by atoms with van der Waals surface area (Å²) in [6, 6.07) is 2.75. The molecule has 0 spiro atoms. The van der Waals surface area contributed by atoms with E-state index in [2.05, 4.69) is 25.6 Å². The number of rotatable bonds is 5. The van der Waals surface area contributed by atoms with Gasteiger partial charge in [0.1, 0.15) is 10.5 Å². The summed E-state index contributed by atoms with van der Waals surface area (Å²) in [7, 11) is 0. The van der Waals surface area contributed by atoms with Crippen LogP contribution in [0.2, 0.25) is 0 Å². The highest BCUT2D eigenvalue weighted by molar-refractivity contribution is 9.10. The van der Waals surface area contributed by atoms with Crippen LogP contribution in [0.4, 0.5) is 13.8 Å². The number of fused-ring (bicyclic) bond motifs is 1. The Hall–Kier alpha value is -0.610. The van der Waals surface area contributed by atoms with E-state index in [1.54, 1.807) is 11.3 Å². The van der Waals surface area contributed by atoms with E-state index in [4.69, 9.17) is 5.73 Å². The highest BCUT2D eigenvalue weighted by Gasteiger charge is 2.41. The number of alkyl halides is 2. The molecule has 0 amide bonds. The fourth-order valence-corrected chi connectivity index (χ4v) is 5.67. The molecule has 0 saturated heterocycles. The normalized spacial score (nSPS) is 13.7. The number of thiophene rings is 2. The van der Waals surface area contributed by atoms with Gasteiger partial charge in [-0.2, -0.15) is 13.2 Å². The first-order valence-corrected chi connectivity index (χ1v) is 9.65. The first-order chi connectivity index (χ1) is 10.4. The van der Waals surface area contributed by atoms with E-state index in [1.165, 1.54) is 23.3 Å². The average molecular weight is 424 g/mol. The maximum Gasteiger partial charge on any atom is 0.297 e.